The number of nitrogens with one attached hydrogen (secondary N) is 1. The van der Waals surface area contributed by atoms with E-state index in [9.17, 15) is 9.59 Å². The van der Waals surface area contributed by atoms with Crippen molar-refractivity contribution in [3.8, 4) is 0 Å². The van der Waals surface area contributed by atoms with Gasteiger partial charge in [0.2, 0.25) is 0 Å². The first-order valence-corrected chi connectivity index (χ1v) is 8.14. The van der Waals surface area contributed by atoms with Crippen molar-refractivity contribution < 1.29 is 14.3 Å². The SMILES string of the molecule is C[C@H](OC(=O)CCc1ccsc1)C(=O)Nc1ccccc1Cl. The highest BCUT2D eigenvalue weighted by atomic mass is 35.5. The van der Waals surface area contributed by atoms with E-state index in [2.05, 4.69) is 5.32 Å². The van der Waals surface area contributed by atoms with E-state index in [1.165, 1.54) is 6.92 Å². The van der Waals surface area contributed by atoms with Crippen LogP contribution in [-0.2, 0) is 20.7 Å². The van der Waals surface area contributed by atoms with Crippen molar-refractivity contribution in [3.05, 3.63) is 51.7 Å². The molecule has 0 saturated heterocycles. The van der Waals surface area contributed by atoms with Gasteiger partial charge in [0.05, 0.1) is 10.7 Å². The van der Waals surface area contributed by atoms with Crippen molar-refractivity contribution in [1.82, 2.24) is 0 Å². The minimum absolute atomic E-state index is 0.250. The number of amides is 1. The molecule has 0 unspecified atom stereocenters. The average Bonchev–Trinajstić information content (AvgIpc) is 3.00. The van der Waals surface area contributed by atoms with E-state index < -0.39 is 18.0 Å². The predicted molar refractivity (Wildman–Crippen MR) is 88.3 cm³/mol. The highest BCUT2D eigenvalue weighted by molar-refractivity contribution is 7.07. The van der Waals surface area contributed by atoms with E-state index in [-0.39, 0.29) is 6.42 Å². The number of anilines is 1. The van der Waals surface area contributed by atoms with Gasteiger partial charge in [-0.05, 0) is 47.9 Å². The van der Waals surface area contributed by atoms with Crippen molar-refractivity contribution in [2.24, 2.45) is 0 Å². The minimum Gasteiger partial charge on any atom is -0.453 e. The first kappa shape index (κ1) is 16.5. The Morgan fingerprint density at radius 2 is 2.09 bits per heavy atom. The quantitative estimate of drug-likeness (QED) is 0.813. The number of para-hydroxylation sites is 1. The second kappa shape index (κ2) is 7.96. The van der Waals surface area contributed by atoms with Gasteiger partial charge in [0.1, 0.15) is 0 Å². The number of esters is 1. The number of ether oxygens (including phenoxy) is 1. The molecular formula is C16H16ClNO3S. The highest BCUT2D eigenvalue weighted by Gasteiger charge is 2.18. The third kappa shape index (κ3) is 4.86. The molecule has 1 heterocycles. The number of carbonyl (C=O) groups is 2. The summed E-state index contributed by atoms with van der Waals surface area (Å²) in [6.45, 7) is 1.54. The Bertz CT molecular complexity index is 643. The summed E-state index contributed by atoms with van der Waals surface area (Å²) in [5.41, 5.74) is 1.59. The molecule has 6 heteroatoms. The first-order valence-electron chi connectivity index (χ1n) is 6.82. The molecule has 0 radical (unpaired) electrons. The number of benzene rings is 1. The summed E-state index contributed by atoms with van der Waals surface area (Å²) in [7, 11) is 0. The molecule has 2 aromatic rings. The maximum absolute atomic E-state index is 12.0. The number of aryl methyl sites for hydroxylation is 1. The lowest BCUT2D eigenvalue weighted by molar-refractivity contribution is -0.153. The minimum atomic E-state index is -0.869. The number of thiophene rings is 1. The number of hydrogen-bond acceptors (Lipinski definition) is 4. The van der Waals surface area contributed by atoms with Crippen LogP contribution in [0.2, 0.25) is 5.02 Å². The summed E-state index contributed by atoms with van der Waals surface area (Å²) in [5.74, 6) is -0.801. The zero-order chi connectivity index (χ0) is 15.9. The van der Waals surface area contributed by atoms with Crippen LogP contribution in [0.3, 0.4) is 0 Å². The smallest absolute Gasteiger partial charge is 0.306 e. The molecule has 0 aliphatic heterocycles. The zero-order valence-corrected chi connectivity index (χ0v) is 13.6. The molecule has 1 amide bonds. The van der Waals surface area contributed by atoms with E-state index in [4.69, 9.17) is 16.3 Å². The standard InChI is InChI=1S/C16H16ClNO3S/c1-11(16(20)18-14-5-3-2-4-13(14)17)21-15(19)7-6-12-8-9-22-10-12/h2-5,8-11H,6-7H2,1H3,(H,18,20)/t11-/m0/s1. The van der Waals surface area contributed by atoms with Gasteiger partial charge in [-0.1, -0.05) is 23.7 Å². The molecule has 4 nitrogen and oxygen atoms in total. The molecule has 2 rings (SSSR count). The van der Waals surface area contributed by atoms with Crippen molar-refractivity contribution in [3.63, 3.8) is 0 Å². The lowest BCUT2D eigenvalue weighted by Gasteiger charge is -2.14. The summed E-state index contributed by atoms with van der Waals surface area (Å²) in [5, 5.41) is 7.02. The normalized spacial score (nSPS) is 11.7. The molecule has 0 bridgehead atoms. The van der Waals surface area contributed by atoms with Crippen molar-refractivity contribution in [2.45, 2.75) is 25.9 Å². The van der Waals surface area contributed by atoms with Crippen LogP contribution in [0.15, 0.2) is 41.1 Å². The fourth-order valence-corrected chi connectivity index (χ4v) is 2.67. The molecule has 22 heavy (non-hydrogen) atoms. The summed E-state index contributed by atoms with van der Waals surface area (Å²) in [6.07, 6.45) is -0.00648. The van der Waals surface area contributed by atoms with Gasteiger partial charge >= 0.3 is 5.97 Å². The van der Waals surface area contributed by atoms with Crippen LogP contribution < -0.4 is 5.32 Å². The topological polar surface area (TPSA) is 55.4 Å². The molecule has 1 atom stereocenters. The maximum atomic E-state index is 12.0. The summed E-state index contributed by atoms with van der Waals surface area (Å²) < 4.78 is 5.13. The molecule has 0 saturated carbocycles. The average molecular weight is 338 g/mol. The maximum Gasteiger partial charge on any atom is 0.306 e. The molecule has 0 aliphatic rings. The van der Waals surface area contributed by atoms with E-state index >= 15 is 0 Å². The van der Waals surface area contributed by atoms with Crippen molar-refractivity contribution >= 4 is 40.5 Å². The van der Waals surface area contributed by atoms with Crippen LogP contribution in [0.4, 0.5) is 5.69 Å². The van der Waals surface area contributed by atoms with Gasteiger partial charge in [-0.3, -0.25) is 9.59 Å². The van der Waals surface area contributed by atoms with Gasteiger partial charge in [-0.15, -0.1) is 0 Å². The Morgan fingerprint density at radius 3 is 2.77 bits per heavy atom. The molecule has 116 valence electrons. The third-order valence-electron chi connectivity index (χ3n) is 3.01. The Kier molecular flexibility index (Phi) is 5.98. The Hall–Kier alpha value is -1.85. The van der Waals surface area contributed by atoms with Gasteiger partial charge < -0.3 is 10.1 Å². The third-order valence-corrected chi connectivity index (χ3v) is 4.07. The zero-order valence-electron chi connectivity index (χ0n) is 12.0. The molecule has 0 aliphatic carbocycles. The molecule has 1 aromatic carbocycles. The molecule has 0 fully saturated rings. The van der Waals surface area contributed by atoms with E-state index in [0.29, 0.717) is 17.1 Å². The monoisotopic (exact) mass is 337 g/mol. The Labute approximate surface area is 138 Å². The number of rotatable bonds is 6. The van der Waals surface area contributed by atoms with Crippen molar-refractivity contribution in [2.75, 3.05) is 5.32 Å². The fraction of sp³-hybridized carbons (Fsp3) is 0.250. The van der Waals surface area contributed by atoms with Crippen LogP contribution >= 0.6 is 22.9 Å². The molecule has 0 spiro atoms. The lowest BCUT2D eigenvalue weighted by Crippen LogP contribution is -2.30. The Balaban J connectivity index is 1.80. The highest BCUT2D eigenvalue weighted by Crippen LogP contribution is 2.20. The summed E-state index contributed by atoms with van der Waals surface area (Å²) >= 11 is 7.55. The number of carbonyl (C=O) groups excluding carboxylic acids is 2. The lowest BCUT2D eigenvalue weighted by atomic mass is 10.2. The van der Waals surface area contributed by atoms with E-state index in [1.807, 2.05) is 16.8 Å². The van der Waals surface area contributed by atoms with Crippen LogP contribution in [-0.4, -0.2) is 18.0 Å². The van der Waals surface area contributed by atoms with Crippen LogP contribution in [0.25, 0.3) is 0 Å². The fourth-order valence-electron chi connectivity index (χ4n) is 1.79. The predicted octanol–water partition coefficient (Wildman–Crippen LogP) is 3.90. The van der Waals surface area contributed by atoms with E-state index in [1.54, 1.807) is 35.6 Å². The van der Waals surface area contributed by atoms with Crippen LogP contribution in [0, 0.1) is 0 Å². The van der Waals surface area contributed by atoms with Crippen molar-refractivity contribution in [1.29, 1.82) is 0 Å². The second-order valence-corrected chi connectivity index (χ2v) is 5.92. The van der Waals surface area contributed by atoms with Gasteiger partial charge in [0, 0.05) is 6.42 Å². The summed E-state index contributed by atoms with van der Waals surface area (Å²) in [4.78, 5) is 23.7. The van der Waals surface area contributed by atoms with Gasteiger partial charge in [-0.2, -0.15) is 11.3 Å². The van der Waals surface area contributed by atoms with Crippen LogP contribution in [0.1, 0.15) is 18.9 Å². The Morgan fingerprint density at radius 1 is 1.32 bits per heavy atom. The number of hydrogen-bond donors (Lipinski definition) is 1. The van der Waals surface area contributed by atoms with Gasteiger partial charge in [-0.25, -0.2) is 0 Å². The van der Waals surface area contributed by atoms with Gasteiger partial charge in [0.15, 0.2) is 6.10 Å². The van der Waals surface area contributed by atoms with Crippen LogP contribution in [0.5, 0.6) is 0 Å². The number of halogens is 1. The largest absolute Gasteiger partial charge is 0.453 e. The van der Waals surface area contributed by atoms with E-state index in [0.717, 1.165) is 5.56 Å². The first-order chi connectivity index (χ1) is 10.6. The molecule has 1 aromatic heterocycles. The van der Waals surface area contributed by atoms with Gasteiger partial charge in [0.25, 0.3) is 5.91 Å². The molecule has 1 N–H and O–H groups in total. The summed E-state index contributed by atoms with van der Waals surface area (Å²) in [6, 6.07) is 8.86. The second-order valence-electron chi connectivity index (χ2n) is 4.73. The molecular weight excluding hydrogens is 322 g/mol.